The second-order valence-corrected chi connectivity index (χ2v) is 6.56. The van der Waals surface area contributed by atoms with Crippen molar-refractivity contribution in [1.29, 1.82) is 0 Å². The highest BCUT2D eigenvalue weighted by molar-refractivity contribution is 7.90. The van der Waals surface area contributed by atoms with E-state index in [0.717, 1.165) is 6.54 Å². The Morgan fingerprint density at radius 3 is 2.68 bits per heavy atom. The molecule has 0 bridgehead atoms. The van der Waals surface area contributed by atoms with Gasteiger partial charge in [0.1, 0.15) is 5.84 Å². The van der Waals surface area contributed by atoms with Gasteiger partial charge in [-0.15, -0.1) is 0 Å². The van der Waals surface area contributed by atoms with Gasteiger partial charge in [0.25, 0.3) is 10.0 Å². The van der Waals surface area contributed by atoms with Crippen LogP contribution in [0.3, 0.4) is 0 Å². The van der Waals surface area contributed by atoms with Crippen molar-refractivity contribution in [2.75, 3.05) is 20.1 Å². The van der Waals surface area contributed by atoms with Gasteiger partial charge in [0.05, 0.1) is 11.4 Å². The van der Waals surface area contributed by atoms with E-state index in [0.29, 0.717) is 28.9 Å². The highest BCUT2D eigenvalue weighted by atomic mass is 32.2. The van der Waals surface area contributed by atoms with Crippen molar-refractivity contribution in [2.24, 2.45) is 4.99 Å². The fraction of sp³-hybridized carbons (Fsp3) is 0.462. The fourth-order valence-electron chi connectivity index (χ4n) is 1.83. The number of amidine groups is 1. The molecule has 0 saturated heterocycles. The lowest BCUT2D eigenvalue weighted by atomic mass is 10.2. The molecule has 0 amide bonds. The number of benzene rings is 1. The van der Waals surface area contributed by atoms with E-state index in [-0.39, 0.29) is 0 Å². The van der Waals surface area contributed by atoms with E-state index in [9.17, 15) is 8.42 Å². The van der Waals surface area contributed by atoms with Crippen LogP contribution in [0.15, 0.2) is 34.2 Å². The molecule has 1 aliphatic rings. The number of nitrogens with one attached hydrogen (secondary N) is 1. The van der Waals surface area contributed by atoms with E-state index in [1.165, 1.54) is 0 Å². The molecular weight excluding hydrogens is 262 g/mol. The Hall–Kier alpha value is -1.40. The predicted molar refractivity (Wildman–Crippen MR) is 75.9 cm³/mol. The zero-order chi connectivity index (χ0) is 14.0. The minimum atomic E-state index is -3.42. The van der Waals surface area contributed by atoms with E-state index < -0.39 is 10.0 Å². The molecule has 1 aromatic rings. The number of sulfonamides is 1. The number of likely N-dealkylation sites (N-methyl/N-ethyl adjacent to an activating group) is 1. The van der Waals surface area contributed by atoms with Gasteiger partial charge in [-0.3, -0.25) is 9.71 Å². The summed E-state index contributed by atoms with van der Waals surface area (Å²) in [6.07, 6.45) is 0. The molecular formula is C13H19N3O2S. The van der Waals surface area contributed by atoms with Crippen LogP contribution in [0, 0.1) is 0 Å². The summed E-state index contributed by atoms with van der Waals surface area (Å²) in [5.41, 5.74) is 0.662. The second kappa shape index (κ2) is 5.30. The molecule has 0 fully saturated rings. The number of fused-ring (bicyclic) bond motifs is 1. The maximum Gasteiger partial charge on any atom is 0.263 e. The van der Waals surface area contributed by atoms with Crippen molar-refractivity contribution in [3.8, 4) is 0 Å². The molecule has 0 aromatic heterocycles. The Kier molecular flexibility index (Phi) is 3.91. The largest absolute Gasteiger partial charge is 0.302 e. The molecule has 0 unspecified atom stereocenters. The molecule has 0 spiro atoms. The summed E-state index contributed by atoms with van der Waals surface area (Å²) in [6, 6.07) is 7.36. The molecule has 6 heteroatoms. The number of hydrogen-bond acceptors (Lipinski definition) is 4. The predicted octanol–water partition coefficient (Wildman–Crippen LogP) is 1.07. The van der Waals surface area contributed by atoms with Crippen molar-refractivity contribution in [1.82, 2.24) is 9.62 Å². The van der Waals surface area contributed by atoms with Crippen molar-refractivity contribution < 1.29 is 8.42 Å². The molecule has 19 heavy (non-hydrogen) atoms. The van der Waals surface area contributed by atoms with Crippen LogP contribution in [0.2, 0.25) is 0 Å². The molecule has 5 nitrogen and oxygen atoms in total. The van der Waals surface area contributed by atoms with Crippen molar-refractivity contribution >= 4 is 15.9 Å². The number of hydrogen-bond donors (Lipinski definition) is 1. The summed E-state index contributed by atoms with van der Waals surface area (Å²) in [7, 11) is -1.39. The Morgan fingerprint density at radius 1 is 1.32 bits per heavy atom. The molecule has 2 rings (SSSR count). The van der Waals surface area contributed by atoms with Gasteiger partial charge in [0, 0.05) is 18.2 Å². The molecule has 1 N–H and O–H groups in total. The quantitative estimate of drug-likeness (QED) is 0.898. The number of nitrogens with zero attached hydrogens (tertiary/aromatic N) is 2. The zero-order valence-electron chi connectivity index (χ0n) is 11.4. The fourth-order valence-corrected chi connectivity index (χ4v) is 3.08. The lowest BCUT2D eigenvalue weighted by molar-refractivity contribution is 0.282. The van der Waals surface area contributed by atoms with Crippen LogP contribution in [0.1, 0.15) is 19.4 Å². The van der Waals surface area contributed by atoms with Crippen LogP contribution in [0.5, 0.6) is 0 Å². The van der Waals surface area contributed by atoms with Crippen molar-refractivity contribution in [3.63, 3.8) is 0 Å². The topological polar surface area (TPSA) is 61.8 Å². The van der Waals surface area contributed by atoms with Crippen LogP contribution < -0.4 is 4.72 Å². The maximum atomic E-state index is 11.9. The molecule has 1 heterocycles. The normalized spacial score (nSPS) is 18.9. The third-order valence-corrected chi connectivity index (χ3v) is 4.66. The number of aliphatic imine (C=N–C) groups is 1. The molecule has 0 atom stereocenters. The molecule has 0 radical (unpaired) electrons. The second-order valence-electron chi connectivity index (χ2n) is 4.91. The first-order chi connectivity index (χ1) is 8.92. The molecule has 1 aromatic carbocycles. The van der Waals surface area contributed by atoms with Crippen LogP contribution in [-0.4, -0.2) is 45.3 Å². The summed E-state index contributed by atoms with van der Waals surface area (Å²) in [6.45, 7) is 5.59. The Balaban J connectivity index is 2.16. The third-order valence-electron chi connectivity index (χ3n) is 3.27. The van der Waals surface area contributed by atoms with Gasteiger partial charge in [0.2, 0.25) is 0 Å². The Morgan fingerprint density at radius 2 is 2.00 bits per heavy atom. The van der Waals surface area contributed by atoms with E-state index in [1.807, 2.05) is 13.1 Å². The summed E-state index contributed by atoms with van der Waals surface area (Å²) in [5, 5.41) is 0. The highest BCUT2D eigenvalue weighted by Gasteiger charge is 2.29. The van der Waals surface area contributed by atoms with Gasteiger partial charge in [-0.2, -0.15) is 0 Å². The highest BCUT2D eigenvalue weighted by Crippen LogP contribution is 2.21. The summed E-state index contributed by atoms with van der Waals surface area (Å²) in [5.74, 6) is 0.452. The minimum Gasteiger partial charge on any atom is -0.302 e. The van der Waals surface area contributed by atoms with Gasteiger partial charge in [-0.05, 0) is 33.0 Å². The average Bonchev–Trinajstić information content (AvgIpc) is 2.62. The molecule has 0 saturated carbocycles. The van der Waals surface area contributed by atoms with Crippen molar-refractivity contribution in [2.45, 2.75) is 24.8 Å². The Bertz CT molecular complexity index is 594. The molecule has 0 aliphatic carbocycles. The first-order valence-electron chi connectivity index (χ1n) is 6.29. The maximum absolute atomic E-state index is 11.9. The van der Waals surface area contributed by atoms with E-state index in [1.54, 1.807) is 18.2 Å². The summed E-state index contributed by atoms with van der Waals surface area (Å²) < 4.78 is 26.2. The van der Waals surface area contributed by atoms with Gasteiger partial charge in [-0.25, -0.2) is 8.42 Å². The smallest absolute Gasteiger partial charge is 0.263 e. The lowest BCUT2D eigenvalue weighted by Gasteiger charge is -2.19. The summed E-state index contributed by atoms with van der Waals surface area (Å²) in [4.78, 5) is 6.84. The van der Waals surface area contributed by atoms with Gasteiger partial charge in [-0.1, -0.05) is 12.1 Å². The summed E-state index contributed by atoms with van der Waals surface area (Å²) >= 11 is 0. The van der Waals surface area contributed by atoms with E-state index in [4.69, 9.17) is 0 Å². The number of rotatable bonds is 4. The van der Waals surface area contributed by atoms with Crippen LogP contribution in [0.4, 0.5) is 0 Å². The van der Waals surface area contributed by atoms with Crippen LogP contribution in [-0.2, 0) is 10.0 Å². The van der Waals surface area contributed by atoms with Crippen molar-refractivity contribution in [3.05, 3.63) is 29.8 Å². The van der Waals surface area contributed by atoms with E-state index >= 15 is 0 Å². The SMILES string of the molecule is CC(C)N(C)CCN=C1NS(=O)(=O)c2ccccc21. The van der Waals surface area contributed by atoms with Gasteiger partial charge >= 0.3 is 0 Å². The lowest BCUT2D eigenvalue weighted by Crippen LogP contribution is -2.29. The zero-order valence-corrected chi connectivity index (χ0v) is 12.2. The monoisotopic (exact) mass is 281 g/mol. The molecule has 1 aliphatic heterocycles. The average molecular weight is 281 g/mol. The van der Waals surface area contributed by atoms with Crippen LogP contribution in [0.25, 0.3) is 0 Å². The standard InChI is InChI=1S/C13H19N3O2S/c1-10(2)16(3)9-8-14-13-11-6-4-5-7-12(11)19(17,18)15-13/h4-7,10H,8-9H2,1-3H3,(H,14,15). The van der Waals surface area contributed by atoms with Gasteiger partial charge < -0.3 is 4.90 Å². The first kappa shape index (κ1) is 14.0. The minimum absolute atomic E-state index is 0.311. The third kappa shape index (κ3) is 2.96. The first-order valence-corrected chi connectivity index (χ1v) is 7.77. The van der Waals surface area contributed by atoms with Crippen LogP contribution >= 0.6 is 0 Å². The Labute approximate surface area is 114 Å². The van der Waals surface area contributed by atoms with Gasteiger partial charge in [0.15, 0.2) is 0 Å². The van der Waals surface area contributed by atoms with E-state index in [2.05, 4.69) is 28.5 Å². The molecule has 104 valence electrons.